The first-order chi connectivity index (χ1) is 10.9. The maximum atomic E-state index is 6.02. The van der Waals surface area contributed by atoms with Gasteiger partial charge in [0, 0.05) is 13.1 Å². The zero-order valence-corrected chi connectivity index (χ0v) is 12.9. The SMILES string of the molecule is C1=CCN(C(COCc2ccccc2)c2ccccc2)CC1. The van der Waals surface area contributed by atoms with E-state index in [1.54, 1.807) is 0 Å². The van der Waals surface area contributed by atoms with E-state index in [2.05, 4.69) is 71.6 Å². The van der Waals surface area contributed by atoms with Gasteiger partial charge in [-0.25, -0.2) is 0 Å². The Morgan fingerprint density at radius 2 is 1.64 bits per heavy atom. The molecule has 2 nitrogen and oxygen atoms in total. The van der Waals surface area contributed by atoms with Crippen molar-refractivity contribution in [2.75, 3.05) is 19.7 Å². The van der Waals surface area contributed by atoms with E-state index in [1.165, 1.54) is 11.1 Å². The Balaban J connectivity index is 1.65. The van der Waals surface area contributed by atoms with Gasteiger partial charge in [0.05, 0.1) is 19.3 Å². The second-order valence-electron chi connectivity index (χ2n) is 5.68. The molecule has 0 amide bonds. The average Bonchev–Trinajstić information content (AvgIpc) is 2.61. The standard InChI is InChI=1S/C20H23NO/c1-4-10-18(11-5-1)16-22-17-20(19-12-6-2-7-13-19)21-14-8-3-9-15-21/h1-8,10-13,20H,9,14-17H2. The summed E-state index contributed by atoms with van der Waals surface area (Å²) in [5.41, 5.74) is 2.57. The first kappa shape index (κ1) is 15.0. The van der Waals surface area contributed by atoms with Crippen LogP contribution in [0, 0.1) is 0 Å². The van der Waals surface area contributed by atoms with Gasteiger partial charge in [0.1, 0.15) is 0 Å². The summed E-state index contributed by atoms with van der Waals surface area (Å²) in [4.78, 5) is 2.50. The second kappa shape index (κ2) is 7.92. The van der Waals surface area contributed by atoms with E-state index in [-0.39, 0.29) is 0 Å². The summed E-state index contributed by atoms with van der Waals surface area (Å²) in [6.07, 6.45) is 5.65. The van der Waals surface area contributed by atoms with Gasteiger partial charge in [-0.2, -0.15) is 0 Å². The van der Waals surface area contributed by atoms with E-state index in [1.807, 2.05) is 6.07 Å². The van der Waals surface area contributed by atoms with E-state index >= 15 is 0 Å². The highest BCUT2D eigenvalue weighted by molar-refractivity contribution is 5.20. The fourth-order valence-corrected chi connectivity index (χ4v) is 2.89. The molecule has 2 heteroatoms. The summed E-state index contributed by atoms with van der Waals surface area (Å²) in [5, 5.41) is 0. The van der Waals surface area contributed by atoms with Crippen molar-refractivity contribution < 1.29 is 4.74 Å². The summed E-state index contributed by atoms with van der Waals surface area (Å²) < 4.78 is 6.02. The lowest BCUT2D eigenvalue weighted by Gasteiger charge is -2.32. The molecule has 2 aromatic carbocycles. The summed E-state index contributed by atoms with van der Waals surface area (Å²) in [6, 6.07) is 21.4. The molecule has 3 rings (SSSR count). The molecule has 0 radical (unpaired) electrons. The minimum Gasteiger partial charge on any atom is -0.375 e. The fraction of sp³-hybridized carbons (Fsp3) is 0.300. The third kappa shape index (κ3) is 4.06. The molecule has 0 saturated carbocycles. The average molecular weight is 293 g/mol. The van der Waals surface area contributed by atoms with Crippen LogP contribution >= 0.6 is 0 Å². The smallest absolute Gasteiger partial charge is 0.0717 e. The monoisotopic (exact) mass is 293 g/mol. The van der Waals surface area contributed by atoms with Crippen molar-refractivity contribution in [2.24, 2.45) is 0 Å². The Kier molecular flexibility index (Phi) is 5.41. The summed E-state index contributed by atoms with van der Waals surface area (Å²) in [5.74, 6) is 0. The summed E-state index contributed by atoms with van der Waals surface area (Å²) in [7, 11) is 0. The van der Waals surface area contributed by atoms with E-state index in [0.717, 1.165) is 26.1 Å². The molecule has 1 heterocycles. The van der Waals surface area contributed by atoms with E-state index in [0.29, 0.717) is 12.6 Å². The zero-order valence-electron chi connectivity index (χ0n) is 12.9. The molecule has 0 spiro atoms. The molecule has 0 fully saturated rings. The highest BCUT2D eigenvalue weighted by Crippen LogP contribution is 2.23. The number of rotatable bonds is 6. The summed E-state index contributed by atoms with van der Waals surface area (Å²) >= 11 is 0. The van der Waals surface area contributed by atoms with Crippen LogP contribution in [0.2, 0.25) is 0 Å². The maximum absolute atomic E-state index is 6.02. The van der Waals surface area contributed by atoms with Crippen LogP contribution in [0.1, 0.15) is 23.6 Å². The largest absolute Gasteiger partial charge is 0.375 e. The third-order valence-electron chi connectivity index (χ3n) is 4.10. The number of nitrogens with zero attached hydrogens (tertiary/aromatic N) is 1. The minimum atomic E-state index is 0.329. The van der Waals surface area contributed by atoms with Gasteiger partial charge >= 0.3 is 0 Å². The molecular formula is C20H23NO. The molecule has 1 atom stereocenters. The van der Waals surface area contributed by atoms with Gasteiger partial charge in [0.25, 0.3) is 0 Å². The highest BCUT2D eigenvalue weighted by Gasteiger charge is 2.20. The third-order valence-corrected chi connectivity index (χ3v) is 4.10. The molecule has 1 unspecified atom stereocenters. The number of ether oxygens (including phenoxy) is 1. The van der Waals surface area contributed by atoms with Gasteiger partial charge in [-0.15, -0.1) is 0 Å². The Hall–Kier alpha value is -1.90. The topological polar surface area (TPSA) is 12.5 Å². The van der Waals surface area contributed by atoms with E-state index in [9.17, 15) is 0 Å². The maximum Gasteiger partial charge on any atom is 0.0717 e. The second-order valence-corrected chi connectivity index (χ2v) is 5.68. The van der Waals surface area contributed by atoms with Crippen molar-refractivity contribution in [3.8, 4) is 0 Å². The van der Waals surface area contributed by atoms with Crippen LogP contribution in [0.4, 0.5) is 0 Å². The molecule has 1 aliphatic heterocycles. The number of hydrogen-bond donors (Lipinski definition) is 0. The van der Waals surface area contributed by atoms with Crippen LogP contribution in [-0.4, -0.2) is 24.6 Å². The molecule has 0 aliphatic carbocycles. The first-order valence-electron chi connectivity index (χ1n) is 7.99. The van der Waals surface area contributed by atoms with Crippen LogP contribution in [0.25, 0.3) is 0 Å². The fourth-order valence-electron chi connectivity index (χ4n) is 2.89. The Morgan fingerprint density at radius 1 is 0.909 bits per heavy atom. The molecule has 2 aromatic rings. The van der Waals surface area contributed by atoms with Crippen molar-refractivity contribution >= 4 is 0 Å². The molecular weight excluding hydrogens is 270 g/mol. The van der Waals surface area contributed by atoms with Crippen molar-refractivity contribution in [3.63, 3.8) is 0 Å². The molecule has 0 saturated heterocycles. The van der Waals surface area contributed by atoms with Crippen molar-refractivity contribution in [1.29, 1.82) is 0 Å². The molecule has 0 aromatic heterocycles. The quantitative estimate of drug-likeness (QED) is 0.740. The Morgan fingerprint density at radius 3 is 2.32 bits per heavy atom. The number of hydrogen-bond acceptors (Lipinski definition) is 2. The minimum absolute atomic E-state index is 0.329. The van der Waals surface area contributed by atoms with Gasteiger partial charge in [0.2, 0.25) is 0 Å². The predicted molar refractivity (Wildman–Crippen MR) is 90.6 cm³/mol. The van der Waals surface area contributed by atoms with E-state index < -0.39 is 0 Å². The van der Waals surface area contributed by atoms with Gasteiger partial charge in [-0.1, -0.05) is 72.8 Å². The zero-order chi connectivity index (χ0) is 15.0. The molecule has 1 aliphatic rings. The van der Waals surface area contributed by atoms with Gasteiger partial charge in [-0.05, 0) is 17.5 Å². The lowest BCUT2D eigenvalue weighted by Crippen LogP contribution is -2.34. The van der Waals surface area contributed by atoms with Crippen LogP contribution in [0.5, 0.6) is 0 Å². The van der Waals surface area contributed by atoms with Crippen LogP contribution in [-0.2, 0) is 11.3 Å². The molecule has 0 bridgehead atoms. The van der Waals surface area contributed by atoms with Crippen LogP contribution < -0.4 is 0 Å². The van der Waals surface area contributed by atoms with E-state index in [4.69, 9.17) is 4.74 Å². The molecule has 0 N–H and O–H groups in total. The first-order valence-corrected chi connectivity index (χ1v) is 7.99. The number of benzene rings is 2. The van der Waals surface area contributed by atoms with Crippen LogP contribution in [0.3, 0.4) is 0 Å². The van der Waals surface area contributed by atoms with Gasteiger partial charge in [0.15, 0.2) is 0 Å². The molecule has 22 heavy (non-hydrogen) atoms. The van der Waals surface area contributed by atoms with Crippen molar-refractivity contribution in [3.05, 3.63) is 83.9 Å². The van der Waals surface area contributed by atoms with Crippen molar-refractivity contribution in [1.82, 2.24) is 4.90 Å². The van der Waals surface area contributed by atoms with Gasteiger partial charge in [-0.3, -0.25) is 4.90 Å². The molecule has 114 valence electrons. The van der Waals surface area contributed by atoms with Gasteiger partial charge < -0.3 is 4.74 Å². The lowest BCUT2D eigenvalue weighted by molar-refractivity contribution is 0.0531. The lowest BCUT2D eigenvalue weighted by atomic mass is 10.0. The van der Waals surface area contributed by atoms with Crippen molar-refractivity contribution in [2.45, 2.75) is 19.1 Å². The van der Waals surface area contributed by atoms with Crippen LogP contribution in [0.15, 0.2) is 72.8 Å². The normalized spacial score (nSPS) is 16.5. The summed E-state index contributed by atoms with van der Waals surface area (Å²) in [6.45, 7) is 3.51. The predicted octanol–water partition coefficient (Wildman–Crippen LogP) is 4.21. The highest BCUT2D eigenvalue weighted by atomic mass is 16.5. The Bertz CT molecular complexity index is 579. The Labute approximate surface area is 133 Å².